The van der Waals surface area contributed by atoms with Crippen molar-refractivity contribution in [3.05, 3.63) is 65.5 Å². The second-order valence-electron chi connectivity index (χ2n) is 6.68. The third-order valence-electron chi connectivity index (χ3n) is 4.71. The van der Waals surface area contributed by atoms with Crippen LogP contribution in [-0.4, -0.2) is 38.2 Å². The molecule has 2 aromatic carbocycles. The number of anilines is 1. The molecule has 1 N–H and O–H groups in total. The normalized spacial score (nSPS) is 13.6. The largest absolute Gasteiger partial charge is 0.449 e. The lowest BCUT2D eigenvalue weighted by atomic mass is 10.1. The summed E-state index contributed by atoms with van der Waals surface area (Å²) < 4.78 is 6.75. The van der Waals surface area contributed by atoms with Gasteiger partial charge in [0.05, 0.1) is 11.3 Å². The van der Waals surface area contributed by atoms with Crippen LogP contribution in [0.15, 0.2) is 48.8 Å². The molecule has 8 nitrogen and oxygen atoms in total. The molecule has 0 bridgehead atoms. The number of nitrogens with one attached hydrogen (secondary N) is 1. The minimum Gasteiger partial charge on any atom is -0.449 e. The van der Waals surface area contributed by atoms with Crippen LogP contribution in [0.2, 0.25) is 0 Å². The van der Waals surface area contributed by atoms with Crippen LogP contribution in [0, 0.1) is 0 Å². The van der Waals surface area contributed by atoms with Gasteiger partial charge in [-0.1, -0.05) is 12.1 Å². The summed E-state index contributed by atoms with van der Waals surface area (Å²) >= 11 is 0. The fraction of sp³-hybridized carbons (Fsp3) is 0.250. The smallest absolute Gasteiger partial charge is 0.338 e. The maximum absolute atomic E-state index is 12.4. The van der Waals surface area contributed by atoms with Gasteiger partial charge in [0.1, 0.15) is 6.33 Å². The minimum atomic E-state index is -0.933. The maximum Gasteiger partial charge on any atom is 0.338 e. The first-order valence-corrected chi connectivity index (χ1v) is 9.07. The van der Waals surface area contributed by atoms with Crippen LogP contribution in [0.25, 0.3) is 5.69 Å². The third kappa shape index (κ3) is 3.75. The molecule has 28 heavy (non-hydrogen) atoms. The standard InChI is InChI=1S/C20H19N5O3/c1-13(19(26)22-17-9-8-14-4-2-5-15(14)10-17)28-20(27)16-6-3-7-18(11-16)25-12-21-23-24-25/h3,6-13H,2,4-5H2,1H3,(H,22,26)/t13-/m0/s1. The van der Waals surface area contributed by atoms with Crippen molar-refractivity contribution in [2.75, 3.05) is 5.32 Å². The summed E-state index contributed by atoms with van der Waals surface area (Å²) in [5, 5.41) is 13.7. The number of esters is 1. The molecule has 0 radical (unpaired) electrons. The Hall–Kier alpha value is -3.55. The van der Waals surface area contributed by atoms with Crippen molar-refractivity contribution in [3.8, 4) is 5.69 Å². The van der Waals surface area contributed by atoms with Gasteiger partial charge in [-0.2, -0.15) is 0 Å². The number of carbonyl (C=O) groups excluding carboxylic acids is 2. The Balaban J connectivity index is 1.40. The van der Waals surface area contributed by atoms with Gasteiger partial charge in [-0.15, -0.1) is 5.10 Å². The Morgan fingerprint density at radius 1 is 1.14 bits per heavy atom. The molecule has 1 aromatic heterocycles. The van der Waals surface area contributed by atoms with Crippen LogP contribution in [0.3, 0.4) is 0 Å². The van der Waals surface area contributed by atoms with Gasteiger partial charge < -0.3 is 10.1 Å². The molecular weight excluding hydrogens is 358 g/mol. The van der Waals surface area contributed by atoms with Gasteiger partial charge in [0.25, 0.3) is 5.91 Å². The Labute approximate surface area is 161 Å². The lowest BCUT2D eigenvalue weighted by Crippen LogP contribution is -2.30. The van der Waals surface area contributed by atoms with Crippen molar-refractivity contribution >= 4 is 17.6 Å². The van der Waals surface area contributed by atoms with Gasteiger partial charge in [-0.05, 0) is 78.1 Å². The van der Waals surface area contributed by atoms with Crippen LogP contribution in [0.4, 0.5) is 5.69 Å². The van der Waals surface area contributed by atoms with E-state index in [4.69, 9.17) is 4.74 Å². The predicted molar refractivity (Wildman–Crippen MR) is 101 cm³/mol. The fourth-order valence-corrected chi connectivity index (χ4v) is 3.23. The minimum absolute atomic E-state index is 0.310. The van der Waals surface area contributed by atoms with Crippen LogP contribution >= 0.6 is 0 Å². The van der Waals surface area contributed by atoms with Crippen molar-refractivity contribution in [1.82, 2.24) is 20.2 Å². The van der Waals surface area contributed by atoms with E-state index < -0.39 is 12.1 Å². The number of amides is 1. The highest BCUT2D eigenvalue weighted by Gasteiger charge is 2.20. The van der Waals surface area contributed by atoms with Crippen molar-refractivity contribution in [1.29, 1.82) is 0 Å². The molecule has 1 amide bonds. The van der Waals surface area contributed by atoms with E-state index in [2.05, 4.69) is 20.8 Å². The lowest BCUT2D eigenvalue weighted by molar-refractivity contribution is -0.123. The van der Waals surface area contributed by atoms with Crippen LogP contribution < -0.4 is 5.32 Å². The molecule has 3 aromatic rings. The summed E-state index contributed by atoms with van der Waals surface area (Å²) in [5.74, 6) is -0.963. The topological polar surface area (TPSA) is 99.0 Å². The number of carbonyl (C=O) groups is 2. The number of hydrogen-bond donors (Lipinski definition) is 1. The number of aryl methyl sites for hydroxylation is 2. The average Bonchev–Trinajstić information content (AvgIpc) is 3.39. The highest BCUT2D eigenvalue weighted by Crippen LogP contribution is 2.25. The zero-order chi connectivity index (χ0) is 19.5. The number of ether oxygens (including phenoxy) is 1. The van der Waals surface area contributed by atoms with E-state index in [-0.39, 0.29) is 5.91 Å². The van der Waals surface area contributed by atoms with Gasteiger partial charge in [-0.25, -0.2) is 9.48 Å². The number of rotatable bonds is 5. The number of fused-ring (bicyclic) bond motifs is 1. The molecule has 1 heterocycles. The summed E-state index contributed by atoms with van der Waals surface area (Å²) in [7, 11) is 0. The molecule has 0 spiro atoms. The number of tetrazole rings is 1. The molecule has 1 aliphatic rings. The third-order valence-corrected chi connectivity index (χ3v) is 4.71. The van der Waals surface area contributed by atoms with E-state index in [0.717, 1.165) is 19.3 Å². The van der Waals surface area contributed by atoms with Crippen molar-refractivity contribution < 1.29 is 14.3 Å². The van der Waals surface area contributed by atoms with Gasteiger partial charge in [0.2, 0.25) is 0 Å². The second kappa shape index (κ2) is 7.59. The highest BCUT2D eigenvalue weighted by molar-refractivity contribution is 5.97. The first-order chi connectivity index (χ1) is 13.6. The Morgan fingerprint density at radius 2 is 2.00 bits per heavy atom. The van der Waals surface area contributed by atoms with E-state index in [9.17, 15) is 9.59 Å². The molecule has 0 aliphatic heterocycles. The SMILES string of the molecule is C[C@H](OC(=O)c1cccc(-n2cnnn2)c1)C(=O)Nc1ccc2c(c1)CCC2. The number of hydrogen-bond acceptors (Lipinski definition) is 6. The number of aromatic nitrogens is 4. The van der Waals surface area contributed by atoms with Crippen LogP contribution in [0.5, 0.6) is 0 Å². The van der Waals surface area contributed by atoms with Gasteiger partial charge in [0.15, 0.2) is 6.10 Å². The van der Waals surface area contributed by atoms with E-state index >= 15 is 0 Å². The Morgan fingerprint density at radius 3 is 2.82 bits per heavy atom. The monoisotopic (exact) mass is 377 g/mol. The van der Waals surface area contributed by atoms with Gasteiger partial charge in [-0.3, -0.25) is 4.79 Å². The first-order valence-electron chi connectivity index (χ1n) is 9.07. The van der Waals surface area contributed by atoms with E-state index in [1.54, 1.807) is 31.2 Å². The van der Waals surface area contributed by atoms with Crippen molar-refractivity contribution in [2.45, 2.75) is 32.3 Å². The quantitative estimate of drug-likeness (QED) is 0.685. The Kier molecular flexibility index (Phi) is 4.84. The summed E-state index contributed by atoms with van der Waals surface area (Å²) in [6, 6.07) is 12.6. The molecule has 1 atom stereocenters. The zero-order valence-corrected chi connectivity index (χ0v) is 15.3. The predicted octanol–water partition coefficient (Wildman–Crippen LogP) is 2.33. The van der Waals surface area contributed by atoms with E-state index in [0.29, 0.717) is 16.9 Å². The molecule has 142 valence electrons. The van der Waals surface area contributed by atoms with Crippen molar-refractivity contribution in [2.24, 2.45) is 0 Å². The molecular formula is C20H19N5O3. The highest BCUT2D eigenvalue weighted by atomic mass is 16.5. The summed E-state index contributed by atoms with van der Waals surface area (Å²) in [6.07, 6.45) is 3.75. The van der Waals surface area contributed by atoms with Gasteiger partial charge >= 0.3 is 5.97 Å². The molecule has 1 aliphatic carbocycles. The Bertz CT molecular complexity index is 1020. The fourth-order valence-electron chi connectivity index (χ4n) is 3.23. The molecule has 4 rings (SSSR count). The maximum atomic E-state index is 12.4. The molecule has 8 heteroatoms. The molecule has 0 fully saturated rings. The number of nitrogens with zero attached hydrogens (tertiary/aromatic N) is 4. The molecule has 0 saturated heterocycles. The van der Waals surface area contributed by atoms with Crippen LogP contribution in [0.1, 0.15) is 34.8 Å². The number of benzene rings is 2. The van der Waals surface area contributed by atoms with Crippen LogP contribution in [-0.2, 0) is 22.4 Å². The lowest BCUT2D eigenvalue weighted by Gasteiger charge is -2.14. The van der Waals surface area contributed by atoms with Gasteiger partial charge in [0, 0.05) is 5.69 Å². The second-order valence-corrected chi connectivity index (χ2v) is 6.68. The zero-order valence-electron chi connectivity index (χ0n) is 15.3. The summed E-state index contributed by atoms with van der Waals surface area (Å²) in [5.41, 5.74) is 4.25. The molecule has 0 unspecified atom stereocenters. The van der Waals surface area contributed by atoms with Crippen molar-refractivity contribution in [3.63, 3.8) is 0 Å². The first kappa shape index (κ1) is 17.8. The summed E-state index contributed by atoms with van der Waals surface area (Å²) in [4.78, 5) is 24.8. The van der Waals surface area contributed by atoms with E-state index in [1.165, 1.54) is 22.1 Å². The summed E-state index contributed by atoms with van der Waals surface area (Å²) in [6.45, 7) is 1.55. The van der Waals surface area contributed by atoms with E-state index in [1.807, 2.05) is 18.2 Å². The molecule has 0 saturated carbocycles. The average molecular weight is 377 g/mol.